The molecule has 4 rings (SSSR count). The minimum absolute atomic E-state index is 0.132. The van der Waals surface area contributed by atoms with Crippen molar-refractivity contribution >= 4 is 22.7 Å². The molecule has 1 aromatic heterocycles. The van der Waals surface area contributed by atoms with Gasteiger partial charge in [0.2, 0.25) is 5.91 Å². The minimum Gasteiger partial charge on any atom is -0.497 e. The number of nitrogens with zero attached hydrogens (tertiary/aromatic N) is 2. The van der Waals surface area contributed by atoms with Crippen molar-refractivity contribution in [2.45, 2.75) is 19.4 Å². The number of carbonyl (C=O) groups is 2. The van der Waals surface area contributed by atoms with Gasteiger partial charge in [-0.05, 0) is 54.3 Å². The number of fused-ring (bicyclic) bond motifs is 1. The Morgan fingerprint density at radius 3 is 2.41 bits per heavy atom. The van der Waals surface area contributed by atoms with E-state index in [1.165, 1.54) is 31.3 Å². The molecule has 0 atom stereocenters. The van der Waals surface area contributed by atoms with Crippen LogP contribution < -0.4 is 9.47 Å². The molecule has 2 amide bonds. The van der Waals surface area contributed by atoms with Crippen LogP contribution in [-0.4, -0.2) is 74.2 Å². The molecule has 0 aliphatic rings. The summed E-state index contributed by atoms with van der Waals surface area (Å²) in [4.78, 5) is 34.1. The van der Waals surface area contributed by atoms with Crippen LogP contribution in [0.25, 0.3) is 10.9 Å². The number of methoxy groups -OCH3 is 3. The first-order chi connectivity index (χ1) is 19.9. The molecule has 3 aromatic carbocycles. The van der Waals surface area contributed by atoms with Crippen molar-refractivity contribution in [2.24, 2.45) is 0 Å². The Kier molecular flexibility index (Phi) is 10.3. The summed E-state index contributed by atoms with van der Waals surface area (Å²) in [5, 5.41) is 1.10. The summed E-state index contributed by atoms with van der Waals surface area (Å²) >= 11 is 0. The summed E-state index contributed by atoms with van der Waals surface area (Å²) in [7, 11) is 4.62. The lowest BCUT2D eigenvalue weighted by atomic mass is 10.1. The van der Waals surface area contributed by atoms with E-state index >= 15 is 0 Å². The highest BCUT2D eigenvalue weighted by Gasteiger charge is 2.25. The Labute approximate surface area is 239 Å². The van der Waals surface area contributed by atoms with Crippen LogP contribution >= 0.6 is 0 Å². The molecule has 4 aromatic rings. The summed E-state index contributed by atoms with van der Waals surface area (Å²) in [6, 6.07) is 19.1. The predicted octanol–water partition coefficient (Wildman–Crippen LogP) is 5.07. The predicted molar refractivity (Wildman–Crippen MR) is 156 cm³/mol. The van der Waals surface area contributed by atoms with E-state index in [2.05, 4.69) is 4.98 Å². The molecule has 0 saturated carbocycles. The number of nitrogens with one attached hydrogen (secondary N) is 1. The van der Waals surface area contributed by atoms with Crippen LogP contribution in [0.4, 0.5) is 4.39 Å². The van der Waals surface area contributed by atoms with Crippen molar-refractivity contribution in [3.05, 3.63) is 95.4 Å². The van der Waals surface area contributed by atoms with Gasteiger partial charge < -0.3 is 29.0 Å². The number of para-hydroxylation sites is 1. The fraction of sp³-hybridized carbons (Fsp3) is 0.312. The summed E-state index contributed by atoms with van der Waals surface area (Å²) in [5.74, 6) is 0.0395. The lowest BCUT2D eigenvalue weighted by molar-refractivity contribution is -0.132. The average Bonchev–Trinajstić information content (AvgIpc) is 3.42. The molecule has 0 unspecified atom stereocenters. The fourth-order valence-corrected chi connectivity index (χ4v) is 4.76. The number of halogens is 1. The maximum atomic E-state index is 13.8. The molecule has 9 heteroatoms. The van der Waals surface area contributed by atoms with E-state index in [9.17, 15) is 14.0 Å². The van der Waals surface area contributed by atoms with Crippen LogP contribution in [0.2, 0.25) is 0 Å². The molecule has 8 nitrogen and oxygen atoms in total. The average molecular weight is 562 g/mol. The fourth-order valence-electron chi connectivity index (χ4n) is 4.76. The summed E-state index contributed by atoms with van der Waals surface area (Å²) in [5.41, 5.74) is 3.26. The van der Waals surface area contributed by atoms with E-state index < -0.39 is 0 Å². The Morgan fingerprint density at radius 2 is 1.68 bits per heavy atom. The normalized spacial score (nSPS) is 10.9. The zero-order valence-corrected chi connectivity index (χ0v) is 23.7. The second kappa shape index (κ2) is 14.3. The van der Waals surface area contributed by atoms with Gasteiger partial charge in [0, 0.05) is 56.5 Å². The minimum atomic E-state index is -0.339. The van der Waals surface area contributed by atoms with Crippen LogP contribution in [0.1, 0.15) is 27.9 Å². The number of ether oxygens (including phenoxy) is 3. The van der Waals surface area contributed by atoms with Crippen LogP contribution in [-0.2, 0) is 22.5 Å². The summed E-state index contributed by atoms with van der Waals surface area (Å²) in [6.45, 7) is 1.34. The quantitative estimate of drug-likeness (QED) is 0.217. The number of benzene rings is 3. The van der Waals surface area contributed by atoms with Crippen LogP contribution in [0.5, 0.6) is 11.5 Å². The van der Waals surface area contributed by atoms with E-state index in [-0.39, 0.29) is 30.7 Å². The molecule has 0 saturated heterocycles. The van der Waals surface area contributed by atoms with E-state index in [0.717, 1.165) is 22.0 Å². The second-order valence-electron chi connectivity index (χ2n) is 9.69. The maximum Gasteiger partial charge on any atom is 0.258 e. The standard InChI is InChI=1S/C32H36FN3O5/c1-39-18-6-16-36(32(38)28-14-13-26(40-2)19-30(28)41-3)22-31(37)35(21-23-9-11-25(33)12-10-23)17-15-24-20-34-29-8-5-4-7-27(24)29/h4-5,7-14,19-20,34H,6,15-18,21-22H2,1-3H3. The molecular formula is C32H36FN3O5. The largest absolute Gasteiger partial charge is 0.497 e. The Morgan fingerprint density at radius 1 is 0.902 bits per heavy atom. The number of aromatic nitrogens is 1. The third-order valence-electron chi connectivity index (χ3n) is 6.99. The third kappa shape index (κ3) is 7.64. The van der Waals surface area contributed by atoms with Gasteiger partial charge in [-0.25, -0.2) is 4.39 Å². The van der Waals surface area contributed by atoms with E-state index in [4.69, 9.17) is 14.2 Å². The van der Waals surface area contributed by atoms with Gasteiger partial charge in [-0.3, -0.25) is 9.59 Å². The number of hydrogen-bond acceptors (Lipinski definition) is 5. The van der Waals surface area contributed by atoms with Gasteiger partial charge in [-0.2, -0.15) is 0 Å². The second-order valence-corrected chi connectivity index (χ2v) is 9.69. The SMILES string of the molecule is COCCCN(CC(=O)N(CCc1c[nH]c2ccccc12)Cc1ccc(F)cc1)C(=O)c1ccc(OC)cc1OC. The highest BCUT2D eigenvalue weighted by Crippen LogP contribution is 2.26. The van der Waals surface area contributed by atoms with Crippen LogP contribution in [0.15, 0.2) is 72.9 Å². The molecule has 0 aliphatic carbocycles. The number of carbonyl (C=O) groups excluding carboxylic acids is 2. The summed E-state index contributed by atoms with van der Waals surface area (Å²) < 4.78 is 29.5. The highest BCUT2D eigenvalue weighted by molar-refractivity contribution is 5.99. The molecule has 0 radical (unpaired) electrons. The van der Waals surface area contributed by atoms with Crippen molar-refractivity contribution in [2.75, 3.05) is 47.6 Å². The topological polar surface area (TPSA) is 84.1 Å². The van der Waals surface area contributed by atoms with Gasteiger partial charge in [0.25, 0.3) is 5.91 Å². The van der Waals surface area contributed by atoms with Crippen molar-refractivity contribution in [1.82, 2.24) is 14.8 Å². The molecule has 216 valence electrons. The van der Waals surface area contributed by atoms with Crippen molar-refractivity contribution in [1.29, 1.82) is 0 Å². The van der Waals surface area contributed by atoms with E-state index in [0.29, 0.717) is 49.6 Å². The van der Waals surface area contributed by atoms with Gasteiger partial charge >= 0.3 is 0 Å². The Bertz CT molecular complexity index is 1450. The van der Waals surface area contributed by atoms with Gasteiger partial charge in [0.15, 0.2) is 0 Å². The number of H-pyrrole nitrogens is 1. The Hall–Kier alpha value is -4.37. The molecule has 1 heterocycles. The van der Waals surface area contributed by atoms with E-state index in [1.807, 2.05) is 30.5 Å². The van der Waals surface area contributed by atoms with E-state index in [1.54, 1.807) is 42.3 Å². The lowest BCUT2D eigenvalue weighted by Crippen LogP contribution is -2.44. The zero-order valence-electron chi connectivity index (χ0n) is 23.7. The third-order valence-corrected chi connectivity index (χ3v) is 6.99. The van der Waals surface area contributed by atoms with Gasteiger partial charge in [0.1, 0.15) is 23.9 Å². The Balaban J connectivity index is 1.57. The lowest BCUT2D eigenvalue weighted by Gasteiger charge is -2.28. The smallest absolute Gasteiger partial charge is 0.258 e. The van der Waals surface area contributed by atoms with Gasteiger partial charge in [0.05, 0.1) is 19.8 Å². The van der Waals surface area contributed by atoms with Crippen molar-refractivity contribution in [3.63, 3.8) is 0 Å². The zero-order chi connectivity index (χ0) is 29.2. The molecule has 41 heavy (non-hydrogen) atoms. The first-order valence-corrected chi connectivity index (χ1v) is 13.5. The number of amides is 2. The van der Waals surface area contributed by atoms with Crippen LogP contribution in [0.3, 0.4) is 0 Å². The molecule has 0 fully saturated rings. The molecule has 0 spiro atoms. The van der Waals surface area contributed by atoms with Gasteiger partial charge in [-0.15, -0.1) is 0 Å². The molecule has 0 aliphatic heterocycles. The number of aromatic amines is 1. The highest BCUT2D eigenvalue weighted by atomic mass is 19.1. The first-order valence-electron chi connectivity index (χ1n) is 13.5. The first kappa shape index (κ1) is 29.6. The number of rotatable bonds is 14. The number of hydrogen-bond donors (Lipinski definition) is 1. The van der Waals surface area contributed by atoms with Crippen LogP contribution in [0, 0.1) is 5.82 Å². The van der Waals surface area contributed by atoms with Crippen molar-refractivity contribution in [3.8, 4) is 11.5 Å². The molecule has 1 N–H and O–H groups in total. The molecule has 0 bridgehead atoms. The summed E-state index contributed by atoms with van der Waals surface area (Å²) in [6.07, 6.45) is 3.13. The maximum absolute atomic E-state index is 13.8. The molecular weight excluding hydrogens is 525 g/mol. The monoisotopic (exact) mass is 561 g/mol. The van der Waals surface area contributed by atoms with Gasteiger partial charge in [-0.1, -0.05) is 30.3 Å². The van der Waals surface area contributed by atoms with Crippen molar-refractivity contribution < 1.29 is 28.2 Å².